The quantitative estimate of drug-likeness (QED) is 0.712. The van der Waals surface area contributed by atoms with Crippen molar-refractivity contribution in [3.05, 3.63) is 90.0 Å². The van der Waals surface area contributed by atoms with Gasteiger partial charge in [0.05, 0.1) is 0 Å². The molecule has 5 heteroatoms. The summed E-state index contributed by atoms with van der Waals surface area (Å²) in [5.41, 5.74) is 2.27. The van der Waals surface area contributed by atoms with Crippen LogP contribution in [0.2, 0.25) is 0 Å². The van der Waals surface area contributed by atoms with Gasteiger partial charge in [-0.3, -0.25) is 4.79 Å². The fourth-order valence-corrected chi connectivity index (χ4v) is 2.21. The third-order valence-electron chi connectivity index (χ3n) is 3.33. The molecule has 0 aliphatic rings. The van der Waals surface area contributed by atoms with Crippen molar-refractivity contribution < 1.29 is 13.6 Å². The number of hydrogen-bond donors (Lipinski definition) is 2. The molecule has 120 valence electrons. The Kier molecular flexibility index (Phi) is 4.52. The number of anilines is 3. The summed E-state index contributed by atoms with van der Waals surface area (Å²) in [4.78, 5) is 12.0. The maximum absolute atomic E-state index is 13.2. The van der Waals surface area contributed by atoms with Crippen molar-refractivity contribution in [1.82, 2.24) is 0 Å². The van der Waals surface area contributed by atoms with Gasteiger partial charge >= 0.3 is 0 Å². The van der Waals surface area contributed by atoms with Crippen molar-refractivity contribution in [1.29, 1.82) is 0 Å². The van der Waals surface area contributed by atoms with E-state index in [1.165, 1.54) is 0 Å². The highest BCUT2D eigenvalue weighted by Crippen LogP contribution is 2.19. The molecular weight excluding hydrogens is 310 g/mol. The van der Waals surface area contributed by atoms with Crippen LogP contribution in [0, 0.1) is 11.6 Å². The SMILES string of the molecule is O=C(Nc1ccc(Nc2ccccc2)cc1)c1cc(F)cc(F)c1. The minimum Gasteiger partial charge on any atom is -0.356 e. The summed E-state index contributed by atoms with van der Waals surface area (Å²) >= 11 is 0. The molecule has 0 aliphatic heterocycles. The number of para-hydroxylation sites is 1. The van der Waals surface area contributed by atoms with Crippen LogP contribution in [0.15, 0.2) is 72.8 Å². The highest BCUT2D eigenvalue weighted by atomic mass is 19.1. The molecule has 0 bridgehead atoms. The maximum atomic E-state index is 13.2. The first kappa shape index (κ1) is 15.7. The number of carbonyl (C=O) groups is 1. The number of nitrogens with one attached hydrogen (secondary N) is 2. The second-order valence-corrected chi connectivity index (χ2v) is 5.18. The van der Waals surface area contributed by atoms with Gasteiger partial charge in [0.1, 0.15) is 11.6 Å². The van der Waals surface area contributed by atoms with E-state index in [2.05, 4.69) is 10.6 Å². The van der Waals surface area contributed by atoms with E-state index < -0.39 is 17.5 Å². The van der Waals surface area contributed by atoms with Gasteiger partial charge in [-0.15, -0.1) is 0 Å². The molecule has 1 amide bonds. The maximum Gasteiger partial charge on any atom is 0.255 e. The summed E-state index contributed by atoms with van der Waals surface area (Å²) < 4.78 is 26.3. The highest BCUT2D eigenvalue weighted by molar-refractivity contribution is 6.04. The first-order chi connectivity index (χ1) is 11.6. The van der Waals surface area contributed by atoms with Crippen molar-refractivity contribution in [3.8, 4) is 0 Å². The molecule has 0 radical (unpaired) electrons. The fraction of sp³-hybridized carbons (Fsp3) is 0. The minimum absolute atomic E-state index is 0.0704. The third-order valence-corrected chi connectivity index (χ3v) is 3.33. The molecule has 0 heterocycles. The monoisotopic (exact) mass is 324 g/mol. The molecule has 0 aromatic heterocycles. The molecule has 2 N–H and O–H groups in total. The summed E-state index contributed by atoms with van der Waals surface area (Å²) in [7, 11) is 0. The smallest absolute Gasteiger partial charge is 0.255 e. The van der Waals surface area contributed by atoms with Crippen LogP contribution < -0.4 is 10.6 Å². The van der Waals surface area contributed by atoms with Crippen LogP contribution in [-0.4, -0.2) is 5.91 Å². The average molecular weight is 324 g/mol. The zero-order valence-corrected chi connectivity index (χ0v) is 12.6. The summed E-state index contributed by atoms with van der Waals surface area (Å²) in [6, 6.07) is 19.4. The van der Waals surface area contributed by atoms with Gasteiger partial charge in [0, 0.05) is 28.7 Å². The van der Waals surface area contributed by atoms with Gasteiger partial charge in [0.2, 0.25) is 0 Å². The second kappa shape index (κ2) is 6.91. The average Bonchev–Trinajstić information content (AvgIpc) is 2.57. The van der Waals surface area contributed by atoms with Crippen molar-refractivity contribution in [2.45, 2.75) is 0 Å². The first-order valence-corrected chi connectivity index (χ1v) is 7.30. The lowest BCUT2D eigenvalue weighted by Gasteiger charge is -2.09. The van der Waals surface area contributed by atoms with Crippen molar-refractivity contribution in [2.24, 2.45) is 0 Å². The van der Waals surface area contributed by atoms with Crippen LogP contribution in [-0.2, 0) is 0 Å². The van der Waals surface area contributed by atoms with Crippen LogP contribution in [0.4, 0.5) is 25.8 Å². The predicted molar refractivity (Wildman–Crippen MR) is 90.5 cm³/mol. The van der Waals surface area contributed by atoms with Crippen LogP contribution in [0.1, 0.15) is 10.4 Å². The van der Waals surface area contributed by atoms with E-state index in [4.69, 9.17) is 0 Å². The van der Waals surface area contributed by atoms with Crippen LogP contribution in [0.5, 0.6) is 0 Å². The molecule has 3 rings (SSSR count). The largest absolute Gasteiger partial charge is 0.356 e. The topological polar surface area (TPSA) is 41.1 Å². The van der Waals surface area contributed by atoms with Crippen molar-refractivity contribution >= 4 is 23.0 Å². The van der Waals surface area contributed by atoms with Gasteiger partial charge in [0.25, 0.3) is 5.91 Å². The van der Waals surface area contributed by atoms with E-state index in [1.807, 2.05) is 30.3 Å². The highest BCUT2D eigenvalue weighted by Gasteiger charge is 2.09. The standard InChI is InChI=1S/C19H14F2N2O/c20-14-10-13(11-15(21)12-14)19(24)23-18-8-6-17(7-9-18)22-16-4-2-1-3-5-16/h1-12,22H,(H,23,24). The van der Waals surface area contributed by atoms with E-state index in [9.17, 15) is 13.6 Å². The van der Waals surface area contributed by atoms with E-state index in [0.29, 0.717) is 5.69 Å². The Balaban J connectivity index is 1.68. The van der Waals surface area contributed by atoms with Crippen LogP contribution in [0.25, 0.3) is 0 Å². The predicted octanol–water partition coefficient (Wildman–Crippen LogP) is 4.96. The molecule has 3 aromatic carbocycles. The second-order valence-electron chi connectivity index (χ2n) is 5.18. The molecule has 0 fully saturated rings. The van der Waals surface area contributed by atoms with E-state index in [0.717, 1.165) is 29.6 Å². The van der Waals surface area contributed by atoms with Crippen LogP contribution >= 0.6 is 0 Å². The number of rotatable bonds is 4. The summed E-state index contributed by atoms with van der Waals surface area (Å²) in [5, 5.41) is 5.82. The Labute approximate surface area is 138 Å². The molecule has 0 saturated carbocycles. The third kappa shape index (κ3) is 3.95. The molecule has 0 aliphatic carbocycles. The molecular formula is C19H14F2N2O. The van der Waals surface area contributed by atoms with E-state index in [-0.39, 0.29) is 5.56 Å². The Morgan fingerprint density at radius 2 is 1.25 bits per heavy atom. The Hall–Kier alpha value is -3.21. The minimum atomic E-state index is -0.789. The zero-order chi connectivity index (χ0) is 16.9. The number of hydrogen-bond acceptors (Lipinski definition) is 2. The molecule has 0 atom stereocenters. The van der Waals surface area contributed by atoms with Gasteiger partial charge in [-0.1, -0.05) is 18.2 Å². The summed E-state index contributed by atoms with van der Waals surface area (Å²) in [6.45, 7) is 0. The lowest BCUT2D eigenvalue weighted by molar-refractivity contribution is 0.102. The van der Waals surface area contributed by atoms with Gasteiger partial charge in [-0.05, 0) is 48.5 Å². The fourth-order valence-electron chi connectivity index (χ4n) is 2.21. The van der Waals surface area contributed by atoms with Gasteiger partial charge in [-0.2, -0.15) is 0 Å². The molecule has 0 unspecified atom stereocenters. The van der Waals surface area contributed by atoms with Crippen LogP contribution in [0.3, 0.4) is 0 Å². The lowest BCUT2D eigenvalue weighted by Crippen LogP contribution is -2.12. The van der Waals surface area contributed by atoms with Crippen molar-refractivity contribution in [3.63, 3.8) is 0 Å². The number of amides is 1. The van der Waals surface area contributed by atoms with Crippen molar-refractivity contribution in [2.75, 3.05) is 10.6 Å². The van der Waals surface area contributed by atoms with E-state index in [1.54, 1.807) is 24.3 Å². The molecule has 24 heavy (non-hydrogen) atoms. The Bertz CT molecular complexity index is 829. The Morgan fingerprint density at radius 3 is 1.88 bits per heavy atom. The van der Waals surface area contributed by atoms with Gasteiger partial charge in [0.15, 0.2) is 0 Å². The number of halogens is 2. The summed E-state index contributed by atoms with van der Waals surface area (Å²) in [5.74, 6) is -2.15. The molecule has 0 saturated heterocycles. The lowest BCUT2D eigenvalue weighted by atomic mass is 10.2. The normalized spacial score (nSPS) is 10.2. The number of benzene rings is 3. The molecule has 0 spiro atoms. The Morgan fingerprint density at radius 1 is 0.708 bits per heavy atom. The number of carbonyl (C=O) groups excluding carboxylic acids is 1. The summed E-state index contributed by atoms with van der Waals surface area (Å²) in [6.07, 6.45) is 0. The van der Waals surface area contributed by atoms with Gasteiger partial charge in [-0.25, -0.2) is 8.78 Å². The molecule has 3 nitrogen and oxygen atoms in total. The first-order valence-electron chi connectivity index (χ1n) is 7.30. The zero-order valence-electron chi connectivity index (χ0n) is 12.6. The van der Waals surface area contributed by atoms with E-state index >= 15 is 0 Å². The molecule has 3 aromatic rings. The van der Waals surface area contributed by atoms with Gasteiger partial charge < -0.3 is 10.6 Å².